The third-order valence-corrected chi connectivity index (χ3v) is 5.49. The van der Waals surface area contributed by atoms with E-state index in [0.717, 1.165) is 21.4 Å². The second-order valence-electron chi connectivity index (χ2n) is 6.11. The first-order valence-corrected chi connectivity index (χ1v) is 9.73. The van der Waals surface area contributed by atoms with E-state index < -0.39 is 0 Å². The van der Waals surface area contributed by atoms with Gasteiger partial charge in [0.2, 0.25) is 5.13 Å². The van der Waals surface area contributed by atoms with Gasteiger partial charge in [-0.1, -0.05) is 69.0 Å². The van der Waals surface area contributed by atoms with Crippen molar-refractivity contribution >= 4 is 34.1 Å². The van der Waals surface area contributed by atoms with Crippen LogP contribution in [0.3, 0.4) is 0 Å². The van der Waals surface area contributed by atoms with Gasteiger partial charge < -0.3 is 4.74 Å². The molecule has 0 saturated carbocycles. The molecular weight excluding hydrogens is 342 g/mol. The van der Waals surface area contributed by atoms with E-state index in [4.69, 9.17) is 4.74 Å². The number of thioether (sulfide) groups is 1. The quantitative estimate of drug-likeness (QED) is 0.554. The Bertz CT molecular complexity index is 671. The number of anilines is 1. The Hall–Kier alpha value is -1.60. The van der Waals surface area contributed by atoms with Gasteiger partial charge in [0.25, 0.3) is 5.91 Å². The molecule has 0 saturated heterocycles. The zero-order valence-corrected chi connectivity index (χ0v) is 16.0. The summed E-state index contributed by atoms with van der Waals surface area (Å²) in [5.74, 6) is 2.43. The van der Waals surface area contributed by atoms with Crippen molar-refractivity contribution in [3.63, 3.8) is 0 Å². The number of rotatable bonds is 8. The number of amides is 1. The summed E-state index contributed by atoms with van der Waals surface area (Å²) in [5.41, 5.74) is 1.09. The van der Waals surface area contributed by atoms with Crippen molar-refractivity contribution in [2.75, 3.05) is 17.7 Å². The molecule has 0 aliphatic carbocycles. The SMILES string of the molecule is CC(C)CSc1nnc(NC(=O)COc2ccccc2C(C)C)s1. The fourth-order valence-corrected chi connectivity index (χ4v) is 3.69. The zero-order valence-electron chi connectivity index (χ0n) is 14.4. The van der Waals surface area contributed by atoms with Crippen molar-refractivity contribution in [1.82, 2.24) is 10.2 Å². The number of hydrogen-bond donors (Lipinski definition) is 1. The van der Waals surface area contributed by atoms with Crippen LogP contribution in [0, 0.1) is 5.92 Å². The molecule has 0 fully saturated rings. The molecule has 1 aromatic heterocycles. The maximum absolute atomic E-state index is 12.0. The Labute approximate surface area is 151 Å². The first-order valence-electron chi connectivity index (χ1n) is 7.93. The van der Waals surface area contributed by atoms with Crippen LogP contribution in [-0.4, -0.2) is 28.5 Å². The van der Waals surface area contributed by atoms with Crippen LogP contribution in [0.2, 0.25) is 0 Å². The van der Waals surface area contributed by atoms with E-state index >= 15 is 0 Å². The highest BCUT2D eigenvalue weighted by atomic mass is 32.2. The predicted octanol–water partition coefficient (Wildman–Crippen LogP) is 4.43. The molecule has 1 aromatic carbocycles. The Balaban J connectivity index is 1.86. The highest BCUT2D eigenvalue weighted by molar-refractivity contribution is 8.01. The molecule has 1 heterocycles. The van der Waals surface area contributed by atoms with Crippen LogP contribution < -0.4 is 10.1 Å². The lowest BCUT2D eigenvalue weighted by Gasteiger charge is -2.13. The van der Waals surface area contributed by atoms with Crippen molar-refractivity contribution in [3.05, 3.63) is 29.8 Å². The minimum atomic E-state index is -0.231. The molecule has 0 unspecified atom stereocenters. The normalized spacial score (nSPS) is 11.1. The van der Waals surface area contributed by atoms with Crippen molar-refractivity contribution in [2.24, 2.45) is 5.92 Å². The molecule has 0 atom stereocenters. The molecule has 2 aromatic rings. The van der Waals surface area contributed by atoms with Gasteiger partial charge in [0.1, 0.15) is 5.75 Å². The number of carbonyl (C=O) groups is 1. The van der Waals surface area contributed by atoms with Crippen molar-refractivity contribution in [3.8, 4) is 5.75 Å². The maximum Gasteiger partial charge on any atom is 0.264 e. The number of nitrogens with zero attached hydrogens (tertiary/aromatic N) is 2. The van der Waals surface area contributed by atoms with Gasteiger partial charge in [-0.05, 0) is 23.5 Å². The van der Waals surface area contributed by atoms with Crippen molar-refractivity contribution in [1.29, 1.82) is 0 Å². The first kappa shape index (κ1) is 18.7. The molecule has 5 nitrogen and oxygen atoms in total. The van der Waals surface area contributed by atoms with Gasteiger partial charge in [0.05, 0.1) is 0 Å². The van der Waals surface area contributed by atoms with Crippen LogP contribution in [0.15, 0.2) is 28.6 Å². The van der Waals surface area contributed by atoms with E-state index in [2.05, 4.69) is 43.2 Å². The Kier molecular flexibility index (Phi) is 7.05. The van der Waals surface area contributed by atoms with E-state index in [0.29, 0.717) is 17.0 Å². The minimum Gasteiger partial charge on any atom is -0.483 e. The van der Waals surface area contributed by atoms with E-state index in [9.17, 15) is 4.79 Å². The van der Waals surface area contributed by atoms with Gasteiger partial charge in [0, 0.05) is 5.75 Å². The van der Waals surface area contributed by atoms with E-state index in [1.165, 1.54) is 11.3 Å². The third-order valence-electron chi connectivity index (χ3n) is 3.09. The number of benzene rings is 1. The predicted molar refractivity (Wildman–Crippen MR) is 100 cm³/mol. The summed E-state index contributed by atoms with van der Waals surface area (Å²) in [6.07, 6.45) is 0. The number of ether oxygens (including phenoxy) is 1. The van der Waals surface area contributed by atoms with Crippen LogP contribution in [0.1, 0.15) is 39.2 Å². The average molecular weight is 366 g/mol. The lowest BCUT2D eigenvalue weighted by molar-refractivity contribution is -0.118. The Morgan fingerprint density at radius 2 is 2.00 bits per heavy atom. The summed E-state index contributed by atoms with van der Waals surface area (Å²) in [5, 5.41) is 11.3. The summed E-state index contributed by atoms with van der Waals surface area (Å²) < 4.78 is 6.52. The Morgan fingerprint density at radius 1 is 1.25 bits per heavy atom. The number of aromatic nitrogens is 2. The minimum absolute atomic E-state index is 0.0439. The molecule has 0 radical (unpaired) electrons. The van der Waals surface area contributed by atoms with Crippen LogP contribution in [0.4, 0.5) is 5.13 Å². The molecule has 0 aliphatic heterocycles. The molecule has 1 N–H and O–H groups in total. The fourth-order valence-electron chi connectivity index (χ4n) is 1.94. The largest absolute Gasteiger partial charge is 0.483 e. The number of hydrogen-bond acceptors (Lipinski definition) is 6. The first-order chi connectivity index (χ1) is 11.5. The van der Waals surface area contributed by atoms with Crippen LogP contribution in [0.5, 0.6) is 5.75 Å². The lowest BCUT2D eigenvalue weighted by Crippen LogP contribution is -2.20. The Morgan fingerprint density at radius 3 is 2.71 bits per heavy atom. The lowest BCUT2D eigenvalue weighted by atomic mass is 10.0. The average Bonchev–Trinajstić information content (AvgIpc) is 2.98. The molecule has 0 spiro atoms. The summed E-state index contributed by atoms with van der Waals surface area (Å²) in [4.78, 5) is 12.0. The van der Waals surface area contributed by atoms with Gasteiger partial charge in [-0.2, -0.15) is 0 Å². The summed E-state index contributed by atoms with van der Waals surface area (Å²) >= 11 is 3.04. The van der Waals surface area contributed by atoms with E-state index in [-0.39, 0.29) is 12.5 Å². The van der Waals surface area contributed by atoms with E-state index in [1.807, 2.05) is 24.3 Å². The van der Waals surface area contributed by atoms with Gasteiger partial charge in [-0.15, -0.1) is 10.2 Å². The molecular formula is C17H23N3O2S2. The second-order valence-corrected chi connectivity index (χ2v) is 8.35. The highest BCUT2D eigenvalue weighted by Gasteiger charge is 2.12. The van der Waals surface area contributed by atoms with E-state index in [1.54, 1.807) is 11.8 Å². The fraction of sp³-hybridized carbons (Fsp3) is 0.471. The molecule has 0 bridgehead atoms. The molecule has 1 amide bonds. The summed E-state index contributed by atoms with van der Waals surface area (Å²) in [6.45, 7) is 8.46. The topological polar surface area (TPSA) is 64.1 Å². The molecule has 130 valence electrons. The van der Waals surface area contributed by atoms with Crippen molar-refractivity contribution in [2.45, 2.75) is 38.0 Å². The second kappa shape index (κ2) is 9.03. The van der Waals surface area contributed by atoms with Gasteiger partial charge >= 0.3 is 0 Å². The summed E-state index contributed by atoms with van der Waals surface area (Å²) in [7, 11) is 0. The monoisotopic (exact) mass is 365 g/mol. The number of carbonyl (C=O) groups excluding carboxylic acids is 1. The molecule has 0 aliphatic rings. The van der Waals surface area contributed by atoms with Crippen LogP contribution in [-0.2, 0) is 4.79 Å². The van der Waals surface area contributed by atoms with Crippen LogP contribution >= 0.6 is 23.1 Å². The number of nitrogens with one attached hydrogen (secondary N) is 1. The number of para-hydroxylation sites is 1. The third kappa shape index (κ3) is 5.79. The summed E-state index contributed by atoms with van der Waals surface area (Å²) in [6, 6.07) is 7.77. The molecule has 7 heteroatoms. The van der Waals surface area contributed by atoms with Gasteiger partial charge in [0.15, 0.2) is 10.9 Å². The molecule has 24 heavy (non-hydrogen) atoms. The van der Waals surface area contributed by atoms with Crippen molar-refractivity contribution < 1.29 is 9.53 Å². The maximum atomic E-state index is 12.0. The standard InChI is InChI=1S/C17H23N3O2S2/c1-11(2)10-23-17-20-19-16(24-17)18-15(21)9-22-14-8-6-5-7-13(14)12(3)4/h5-8,11-12H,9-10H2,1-4H3,(H,18,19,21). The molecule has 2 rings (SSSR count). The smallest absolute Gasteiger partial charge is 0.264 e. The van der Waals surface area contributed by atoms with Gasteiger partial charge in [-0.25, -0.2) is 0 Å². The highest BCUT2D eigenvalue weighted by Crippen LogP contribution is 2.27. The van der Waals surface area contributed by atoms with Crippen LogP contribution in [0.25, 0.3) is 0 Å². The van der Waals surface area contributed by atoms with Gasteiger partial charge in [-0.3, -0.25) is 10.1 Å². The zero-order chi connectivity index (χ0) is 17.5.